The Morgan fingerprint density at radius 2 is 1.97 bits per heavy atom. The average Bonchev–Trinajstić information content (AvgIpc) is 3.22. The van der Waals surface area contributed by atoms with Crippen LogP contribution >= 0.6 is 11.6 Å². The minimum atomic E-state index is -0.694. The number of aromatic nitrogens is 4. The molecule has 0 atom stereocenters. The predicted molar refractivity (Wildman–Crippen MR) is 122 cm³/mol. The molecule has 0 radical (unpaired) electrons. The van der Waals surface area contributed by atoms with Crippen molar-refractivity contribution in [2.24, 2.45) is 0 Å². The van der Waals surface area contributed by atoms with Crippen LogP contribution in [0.1, 0.15) is 38.5 Å². The number of benzene rings is 1. The number of halogens is 1. The first kappa shape index (κ1) is 23.3. The highest BCUT2D eigenvalue weighted by molar-refractivity contribution is 6.30. The van der Waals surface area contributed by atoms with E-state index >= 15 is 0 Å². The van der Waals surface area contributed by atoms with E-state index in [9.17, 15) is 14.4 Å². The van der Waals surface area contributed by atoms with Gasteiger partial charge in [0.15, 0.2) is 5.69 Å². The Labute approximate surface area is 189 Å². The van der Waals surface area contributed by atoms with Crippen molar-refractivity contribution in [2.75, 3.05) is 17.7 Å². The number of aromatic amines is 1. The van der Waals surface area contributed by atoms with Gasteiger partial charge in [0.1, 0.15) is 5.82 Å². The number of nitrogens with two attached hydrogens (primary N) is 1. The lowest BCUT2D eigenvalue weighted by Gasteiger charge is -2.20. The molecule has 2 heterocycles. The number of carbonyl (C=O) groups is 1. The highest BCUT2D eigenvalue weighted by Gasteiger charge is 2.21. The van der Waals surface area contributed by atoms with Crippen molar-refractivity contribution in [3.63, 3.8) is 0 Å². The fourth-order valence-electron chi connectivity index (χ4n) is 3.20. The standard InChI is InChI=1S/C21H25ClN6O4/c1-3-4-12-28-18(23)17(20(30)25-21(28)31)27(2)16(29)7-5-6-15-24-19(26-32-15)13-8-10-14(22)11-9-13/h8-11H,3-7,12,23H2,1-2H3,(H,25,30,31). The number of nitrogen functional groups attached to an aromatic ring is 1. The Bertz CT molecular complexity index is 1200. The maximum atomic E-state index is 12.7. The van der Waals surface area contributed by atoms with Gasteiger partial charge in [-0.3, -0.25) is 19.1 Å². The van der Waals surface area contributed by atoms with E-state index in [4.69, 9.17) is 21.9 Å². The Balaban J connectivity index is 1.64. The topological polar surface area (TPSA) is 140 Å². The zero-order valence-electron chi connectivity index (χ0n) is 17.9. The second kappa shape index (κ2) is 10.3. The molecule has 0 aliphatic carbocycles. The summed E-state index contributed by atoms with van der Waals surface area (Å²) in [6.45, 7) is 2.34. The van der Waals surface area contributed by atoms with E-state index in [2.05, 4.69) is 15.1 Å². The number of hydrogen-bond donors (Lipinski definition) is 2. The summed E-state index contributed by atoms with van der Waals surface area (Å²) >= 11 is 5.88. The van der Waals surface area contributed by atoms with Crippen molar-refractivity contribution in [3.05, 3.63) is 56.0 Å². The van der Waals surface area contributed by atoms with Crippen LogP contribution in [0.2, 0.25) is 5.02 Å². The largest absolute Gasteiger partial charge is 0.383 e. The Morgan fingerprint density at radius 3 is 2.66 bits per heavy atom. The smallest absolute Gasteiger partial charge is 0.330 e. The summed E-state index contributed by atoms with van der Waals surface area (Å²) < 4.78 is 6.53. The third kappa shape index (κ3) is 5.25. The van der Waals surface area contributed by atoms with Gasteiger partial charge < -0.3 is 15.2 Å². The van der Waals surface area contributed by atoms with E-state index in [1.54, 1.807) is 24.3 Å². The van der Waals surface area contributed by atoms with Crippen molar-refractivity contribution >= 4 is 29.0 Å². The lowest BCUT2D eigenvalue weighted by molar-refractivity contribution is -0.118. The van der Waals surface area contributed by atoms with Gasteiger partial charge in [-0.15, -0.1) is 0 Å². The lowest BCUT2D eigenvalue weighted by atomic mass is 10.2. The third-order valence-corrected chi connectivity index (χ3v) is 5.26. The van der Waals surface area contributed by atoms with Crippen LogP contribution in [-0.2, 0) is 17.8 Å². The van der Waals surface area contributed by atoms with Crippen molar-refractivity contribution in [3.8, 4) is 11.4 Å². The third-order valence-electron chi connectivity index (χ3n) is 5.01. The minimum Gasteiger partial charge on any atom is -0.383 e. The number of aryl methyl sites for hydroxylation is 1. The van der Waals surface area contributed by atoms with E-state index < -0.39 is 11.2 Å². The second-order valence-corrected chi connectivity index (χ2v) is 7.76. The van der Waals surface area contributed by atoms with E-state index in [-0.39, 0.29) is 23.8 Å². The van der Waals surface area contributed by atoms with Gasteiger partial charge in [-0.2, -0.15) is 4.98 Å². The summed E-state index contributed by atoms with van der Waals surface area (Å²) in [5.74, 6) is 0.498. The molecule has 0 bridgehead atoms. The maximum absolute atomic E-state index is 12.7. The molecule has 10 nitrogen and oxygen atoms in total. The second-order valence-electron chi connectivity index (χ2n) is 7.32. The molecule has 1 aromatic carbocycles. The molecule has 0 saturated heterocycles. The van der Waals surface area contributed by atoms with Crippen LogP contribution in [0, 0.1) is 0 Å². The number of amides is 1. The normalized spacial score (nSPS) is 11.0. The van der Waals surface area contributed by atoms with Crippen LogP contribution < -0.4 is 21.9 Å². The molecule has 0 saturated carbocycles. The van der Waals surface area contributed by atoms with Gasteiger partial charge in [0.05, 0.1) is 0 Å². The van der Waals surface area contributed by atoms with E-state index in [1.165, 1.54) is 16.5 Å². The zero-order valence-corrected chi connectivity index (χ0v) is 18.7. The molecule has 3 rings (SSSR count). The molecule has 0 unspecified atom stereocenters. The van der Waals surface area contributed by atoms with Crippen molar-refractivity contribution < 1.29 is 9.32 Å². The number of anilines is 2. The summed E-state index contributed by atoms with van der Waals surface area (Å²) in [5.41, 5.74) is 5.52. The molecule has 3 N–H and O–H groups in total. The predicted octanol–water partition coefficient (Wildman–Crippen LogP) is 2.61. The van der Waals surface area contributed by atoms with Crippen molar-refractivity contribution in [1.29, 1.82) is 0 Å². The molecule has 0 aliphatic heterocycles. The fourth-order valence-corrected chi connectivity index (χ4v) is 3.32. The Kier molecular flexibility index (Phi) is 7.47. The number of nitrogens with one attached hydrogen (secondary N) is 1. The molecule has 0 spiro atoms. The van der Waals surface area contributed by atoms with E-state index in [0.717, 1.165) is 18.4 Å². The number of hydrogen-bond acceptors (Lipinski definition) is 7. The van der Waals surface area contributed by atoms with E-state index in [0.29, 0.717) is 36.1 Å². The quantitative estimate of drug-likeness (QED) is 0.500. The SMILES string of the molecule is CCCCn1c(N)c(N(C)C(=O)CCCc2nc(-c3ccc(Cl)cc3)no2)c(=O)[nH]c1=O. The Hall–Kier alpha value is -3.40. The van der Waals surface area contributed by atoms with Crippen molar-refractivity contribution in [2.45, 2.75) is 45.6 Å². The van der Waals surface area contributed by atoms with Gasteiger partial charge in [-0.25, -0.2) is 4.79 Å². The first-order valence-corrected chi connectivity index (χ1v) is 10.7. The zero-order chi connectivity index (χ0) is 23.3. The van der Waals surface area contributed by atoms with Gasteiger partial charge >= 0.3 is 5.69 Å². The molecule has 0 fully saturated rings. The van der Waals surface area contributed by atoms with Crippen LogP contribution in [0.4, 0.5) is 11.5 Å². The van der Waals surface area contributed by atoms with Gasteiger partial charge in [-0.05, 0) is 37.1 Å². The van der Waals surface area contributed by atoms with Gasteiger partial charge in [0.2, 0.25) is 17.6 Å². The van der Waals surface area contributed by atoms with Crippen molar-refractivity contribution in [1.82, 2.24) is 19.7 Å². The first-order chi connectivity index (χ1) is 15.3. The summed E-state index contributed by atoms with van der Waals surface area (Å²) in [5, 5.41) is 4.55. The average molecular weight is 461 g/mol. The number of unbranched alkanes of at least 4 members (excludes halogenated alkanes) is 1. The van der Waals surface area contributed by atoms with Gasteiger partial charge in [0.25, 0.3) is 5.56 Å². The molecule has 0 aliphatic rings. The van der Waals surface area contributed by atoms with Crippen LogP contribution in [0.3, 0.4) is 0 Å². The molecular weight excluding hydrogens is 436 g/mol. The molecule has 32 heavy (non-hydrogen) atoms. The summed E-state index contributed by atoms with van der Waals surface area (Å²) in [6, 6.07) is 7.05. The minimum absolute atomic E-state index is 0.0208. The summed E-state index contributed by atoms with van der Waals surface area (Å²) in [6.07, 6.45) is 2.52. The number of carbonyl (C=O) groups excluding carboxylic acids is 1. The molecule has 2 aromatic heterocycles. The van der Waals surface area contributed by atoms with Gasteiger partial charge in [0, 0.05) is 37.0 Å². The van der Waals surface area contributed by atoms with Crippen LogP contribution in [0.5, 0.6) is 0 Å². The maximum Gasteiger partial charge on any atom is 0.330 e. The molecule has 170 valence electrons. The highest BCUT2D eigenvalue weighted by Crippen LogP contribution is 2.20. The van der Waals surface area contributed by atoms with Crippen LogP contribution in [0.25, 0.3) is 11.4 Å². The Morgan fingerprint density at radius 1 is 1.25 bits per heavy atom. The van der Waals surface area contributed by atoms with Gasteiger partial charge in [-0.1, -0.05) is 30.1 Å². The van der Waals surface area contributed by atoms with E-state index in [1.807, 2.05) is 6.92 Å². The fraction of sp³-hybridized carbons (Fsp3) is 0.381. The highest BCUT2D eigenvalue weighted by atomic mass is 35.5. The van der Waals surface area contributed by atoms with Crippen LogP contribution in [0.15, 0.2) is 38.4 Å². The number of rotatable bonds is 9. The lowest BCUT2D eigenvalue weighted by Crippen LogP contribution is -2.39. The van der Waals surface area contributed by atoms with Crippen LogP contribution in [-0.4, -0.2) is 32.6 Å². The number of H-pyrrole nitrogens is 1. The molecule has 3 aromatic rings. The molecular formula is C21H25ClN6O4. The summed E-state index contributed by atoms with van der Waals surface area (Å²) in [7, 11) is 1.46. The number of nitrogens with zero attached hydrogens (tertiary/aromatic N) is 4. The first-order valence-electron chi connectivity index (χ1n) is 10.3. The summed E-state index contributed by atoms with van der Waals surface area (Å²) in [4.78, 5) is 44.8. The molecule has 11 heteroatoms. The monoisotopic (exact) mass is 460 g/mol. The molecule has 1 amide bonds.